The van der Waals surface area contributed by atoms with E-state index in [4.69, 9.17) is 14.5 Å². The molecule has 1 N–H and O–H groups in total. The van der Waals surface area contributed by atoms with E-state index in [0.717, 1.165) is 63.0 Å². The van der Waals surface area contributed by atoms with Gasteiger partial charge in [-0.2, -0.15) is 0 Å². The molecule has 0 unspecified atom stereocenters. The van der Waals surface area contributed by atoms with Crippen molar-refractivity contribution >= 4 is 17.2 Å². The first-order valence-electron chi connectivity index (χ1n) is 12.6. The third-order valence-electron chi connectivity index (χ3n) is 6.52. The number of nitrogens with zero attached hydrogens (tertiary/aromatic N) is 3. The Balaban J connectivity index is 1.17. The Morgan fingerprint density at radius 3 is 2.56 bits per heavy atom. The highest BCUT2D eigenvalue weighted by Crippen LogP contribution is 2.29. The van der Waals surface area contributed by atoms with Crippen LogP contribution >= 0.6 is 0 Å². The van der Waals surface area contributed by atoms with Crippen LogP contribution in [0.3, 0.4) is 0 Å². The minimum Gasteiger partial charge on any atom is -0.488 e. The van der Waals surface area contributed by atoms with Gasteiger partial charge in [-0.15, -0.1) is 0 Å². The van der Waals surface area contributed by atoms with Gasteiger partial charge in [0.05, 0.1) is 36.7 Å². The maximum Gasteiger partial charge on any atom is 0.170 e. The van der Waals surface area contributed by atoms with Crippen LogP contribution in [0.2, 0.25) is 0 Å². The Kier molecular flexibility index (Phi) is 8.13. The summed E-state index contributed by atoms with van der Waals surface area (Å²) in [4.78, 5) is 24.5. The maximum atomic E-state index is 12.8. The van der Waals surface area contributed by atoms with E-state index in [1.54, 1.807) is 12.3 Å². The molecular formula is C29H32N4O3. The normalized spacial score (nSPS) is 15.9. The number of carbonyl (C=O) groups excluding carboxylic acids is 1. The zero-order valence-corrected chi connectivity index (χ0v) is 20.5. The lowest BCUT2D eigenvalue weighted by Crippen LogP contribution is -2.40. The average molecular weight is 485 g/mol. The number of benzene rings is 2. The lowest BCUT2D eigenvalue weighted by atomic mass is 10.00. The van der Waals surface area contributed by atoms with Gasteiger partial charge in [-0.05, 0) is 35.7 Å². The van der Waals surface area contributed by atoms with Crippen molar-refractivity contribution in [2.45, 2.75) is 19.4 Å². The van der Waals surface area contributed by atoms with Gasteiger partial charge >= 0.3 is 0 Å². The average Bonchev–Trinajstić information content (AvgIpc) is 2.92. The summed E-state index contributed by atoms with van der Waals surface area (Å²) in [5.41, 5.74) is 5.34. The number of morpholine rings is 1. The van der Waals surface area contributed by atoms with Gasteiger partial charge in [0.25, 0.3) is 0 Å². The molecule has 0 saturated carbocycles. The second kappa shape index (κ2) is 12.0. The van der Waals surface area contributed by atoms with Gasteiger partial charge in [0.15, 0.2) is 5.78 Å². The zero-order chi connectivity index (χ0) is 24.6. The molecule has 1 aromatic heterocycles. The van der Waals surface area contributed by atoms with Gasteiger partial charge in [-0.3, -0.25) is 19.7 Å². The fraction of sp³-hybridized carbons (Fsp3) is 0.345. The van der Waals surface area contributed by atoms with Crippen LogP contribution in [0.1, 0.15) is 33.6 Å². The molecule has 0 atom stereocenters. The van der Waals surface area contributed by atoms with Crippen molar-refractivity contribution in [1.29, 1.82) is 0 Å². The van der Waals surface area contributed by atoms with Gasteiger partial charge in [0, 0.05) is 44.5 Å². The molecule has 0 radical (unpaired) electrons. The molecule has 2 aliphatic heterocycles. The van der Waals surface area contributed by atoms with E-state index < -0.39 is 0 Å². The molecule has 7 nitrogen and oxygen atoms in total. The molecule has 1 saturated heterocycles. The molecule has 0 aliphatic carbocycles. The summed E-state index contributed by atoms with van der Waals surface area (Å²) in [5, 5.41) is 3.45. The number of aliphatic imine (C=N–C) groups is 1. The van der Waals surface area contributed by atoms with E-state index in [0.29, 0.717) is 17.8 Å². The minimum atomic E-state index is 0.0637. The quantitative estimate of drug-likeness (QED) is 0.441. The van der Waals surface area contributed by atoms with Crippen LogP contribution in [-0.4, -0.2) is 67.4 Å². The van der Waals surface area contributed by atoms with Crippen molar-refractivity contribution in [2.24, 2.45) is 4.99 Å². The topological polar surface area (TPSA) is 76.0 Å². The first-order valence-corrected chi connectivity index (χ1v) is 12.6. The molecule has 0 amide bonds. The number of rotatable bonds is 10. The van der Waals surface area contributed by atoms with Gasteiger partial charge in [0.2, 0.25) is 0 Å². The molecule has 3 aromatic rings. The molecule has 2 aliphatic rings. The van der Waals surface area contributed by atoms with Crippen molar-refractivity contribution in [2.75, 3.05) is 46.0 Å². The van der Waals surface area contributed by atoms with Crippen molar-refractivity contribution in [3.63, 3.8) is 0 Å². The molecule has 5 rings (SSSR count). The number of aromatic nitrogens is 1. The van der Waals surface area contributed by atoms with Gasteiger partial charge < -0.3 is 14.8 Å². The van der Waals surface area contributed by atoms with Crippen LogP contribution in [0.25, 0.3) is 0 Å². The number of nitrogens with one attached hydrogen (secondary N) is 1. The van der Waals surface area contributed by atoms with Crippen LogP contribution < -0.4 is 10.1 Å². The number of fused-ring (bicyclic) bond motifs is 1. The Bertz CT molecular complexity index is 1190. The lowest BCUT2D eigenvalue weighted by Gasteiger charge is -2.26. The predicted molar refractivity (Wildman–Crippen MR) is 140 cm³/mol. The molecule has 1 fully saturated rings. The van der Waals surface area contributed by atoms with Gasteiger partial charge in [-0.1, -0.05) is 42.5 Å². The molecule has 2 aromatic carbocycles. The molecule has 7 heteroatoms. The van der Waals surface area contributed by atoms with Crippen LogP contribution in [0.5, 0.6) is 5.75 Å². The second-order valence-corrected chi connectivity index (χ2v) is 9.16. The van der Waals surface area contributed by atoms with E-state index in [9.17, 15) is 4.79 Å². The number of ether oxygens (including phenoxy) is 2. The number of carbonyl (C=O) groups is 1. The van der Waals surface area contributed by atoms with E-state index in [-0.39, 0.29) is 18.8 Å². The Morgan fingerprint density at radius 2 is 1.75 bits per heavy atom. The van der Waals surface area contributed by atoms with Crippen LogP contribution in [-0.2, 0) is 17.7 Å². The fourth-order valence-electron chi connectivity index (χ4n) is 4.51. The van der Waals surface area contributed by atoms with Crippen molar-refractivity contribution in [3.8, 4) is 5.75 Å². The first kappa shape index (κ1) is 24.3. The Labute approximate surface area is 212 Å². The van der Waals surface area contributed by atoms with Crippen molar-refractivity contribution < 1.29 is 14.3 Å². The smallest absolute Gasteiger partial charge is 0.170 e. The lowest BCUT2D eigenvalue weighted by molar-refractivity contribution is 0.0384. The molecule has 186 valence electrons. The van der Waals surface area contributed by atoms with E-state index >= 15 is 0 Å². The molecule has 3 heterocycles. The number of Topliss-reactive ketones (excluding diaryl/α,β-unsaturated/α-hetero) is 1. The summed E-state index contributed by atoms with van der Waals surface area (Å²) >= 11 is 0. The van der Waals surface area contributed by atoms with E-state index in [2.05, 4.69) is 51.6 Å². The van der Waals surface area contributed by atoms with E-state index in [1.165, 1.54) is 11.1 Å². The number of hydrogen-bond donors (Lipinski definition) is 1. The largest absolute Gasteiger partial charge is 0.488 e. The second-order valence-electron chi connectivity index (χ2n) is 9.16. The predicted octanol–water partition coefficient (Wildman–Crippen LogP) is 3.83. The van der Waals surface area contributed by atoms with Crippen molar-refractivity contribution in [1.82, 2.24) is 15.2 Å². The summed E-state index contributed by atoms with van der Waals surface area (Å²) in [6.07, 6.45) is 2.85. The minimum absolute atomic E-state index is 0.0637. The zero-order valence-electron chi connectivity index (χ0n) is 20.5. The summed E-state index contributed by atoms with van der Waals surface area (Å²) in [5.74, 6) is 0.831. The maximum absolute atomic E-state index is 12.8. The molecule has 0 bridgehead atoms. The fourth-order valence-corrected chi connectivity index (χ4v) is 4.51. The van der Waals surface area contributed by atoms with Crippen molar-refractivity contribution in [3.05, 3.63) is 89.2 Å². The summed E-state index contributed by atoms with van der Waals surface area (Å²) in [6, 6.07) is 20.3. The highest BCUT2D eigenvalue weighted by atomic mass is 16.5. The number of hydrogen-bond acceptors (Lipinski definition) is 7. The summed E-state index contributed by atoms with van der Waals surface area (Å²) < 4.78 is 11.4. The molecule has 36 heavy (non-hydrogen) atoms. The monoisotopic (exact) mass is 484 g/mol. The molecule has 0 spiro atoms. The first-order chi connectivity index (χ1) is 17.7. The molecular weight excluding hydrogens is 452 g/mol. The standard InChI is InChI=1S/C29H32N4O3/c34-28-19-24(21-36-25-8-6-23(7-9-25)18-22-4-2-1-3-5-22)32-29-26(28)10-11-31-27(29)20-30-12-13-33-14-16-35-17-15-33/h1-11,30H,12-21H2. The number of pyridine rings is 1. The SMILES string of the molecule is O=C1CC(COc2ccc(Cc3ccccc3)cc2)=Nc2c1ccnc2CNCCN1CCOCC1. The van der Waals surface area contributed by atoms with Crippen LogP contribution in [0, 0.1) is 0 Å². The number of ketones is 1. The summed E-state index contributed by atoms with van der Waals surface area (Å²) in [6.45, 7) is 6.20. The third-order valence-corrected chi connectivity index (χ3v) is 6.52. The Hall–Kier alpha value is -3.39. The van der Waals surface area contributed by atoms with Gasteiger partial charge in [-0.25, -0.2) is 0 Å². The summed E-state index contributed by atoms with van der Waals surface area (Å²) in [7, 11) is 0. The van der Waals surface area contributed by atoms with E-state index in [1.807, 2.05) is 18.2 Å². The van der Waals surface area contributed by atoms with Crippen LogP contribution in [0.4, 0.5) is 5.69 Å². The third kappa shape index (κ3) is 6.43. The highest BCUT2D eigenvalue weighted by Gasteiger charge is 2.23. The highest BCUT2D eigenvalue weighted by molar-refractivity contribution is 6.16. The van der Waals surface area contributed by atoms with Gasteiger partial charge in [0.1, 0.15) is 12.4 Å². The van der Waals surface area contributed by atoms with Crippen LogP contribution in [0.15, 0.2) is 71.9 Å². The Morgan fingerprint density at radius 1 is 0.972 bits per heavy atom.